The van der Waals surface area contributed by atoms with Gasteiger partial charge in [0.1, 0.15) is 13.2 Å². The average molecular weight is 1010 g/mol. The van der Waals surface area contributed by atoms with Crippen LogP contribution in [0, 0.1) is 0 Å². The second kappa shape index (κ2) is 60.9. The number of carbonyl (C=O) groups excluding carboxylic acids is 3. The number of esters is 3. The molecule has 420 valence electrons. The van der Waals surface area contributed by atoms with Crippen molar-refractivity contribution in [1.82, 2.24) is 0 Å². The number of unbranched alkanes of at least 4 members (excludes halogenated alkanes) is 39. The number of hydrogen-bond acceptors (Lipinski definition) is 6. The molecule has 6 heteroatoms. The molecule has 0 aromatic rings. The standard InChI is InChI=1S/C66H120O6/c1-4-7-10-13-16-19-22-24-26-28-30-32-33-35-36-38-40-42-44-47-50-53-56-59-65(68)71-62-63(61-70-64(67)58-55-52-49-46-21-18-15-12-9-6-3)72-66(69)60-57-54-51-48-45-43-41-39-37-34-31-29-27-25-23-20-17-14-11-8-5-2/h23,25,28-31,37,39,63H,4-22,24,26-27,32-36,38,40-62H2,1-3H3/b25-23-,30-28-,31-29-,39-37-. The maximum atomic E-state index is 12.9. The van der Waals surface area contributed by atoms with E-state index in [1.165, 1.54) is 218 Å². The van der Waals surface area contributed by atoms with Crippen LogP contribution in [0.2, 0.25) is 0 Å². The van der Waals surface area contributed by atoms with Crippen molar-refractivity contribution in [1.29, 1.82) is 0 Å². The lowest BCUT2D eigenvalue weighted by Crippen LogP contribution is -2.30. The molecule has 0 aromatic carbocycles. The molecule has 0 saturated heterocycles. The van der Waals surface area contributed by atoms with E-state index in [0.29, 0.717) is 19.3 Å². The fraction of sp³-hybridized carbons (Fsp3) is 0.833. The van der Waals surface area contributed by atoms with Crippen LogP contribution in [0.4, 0.5) is 0 Å². The first kappa shape index (κ1) is 69.4. The van der Waals surface area contributed by atoms with Gasteiger partial charge >= 0.3 is 17.9 Å². The van der Waals surface area contributed by atoms with Gasteiger partial charge in [-0.25, -0.2) is 0 Å². The van der Waals surface area contributed by atoms with E-state index in [-0.39, 0.29) is 31.1 Å². The summed E-state index contributed by atoms with van der Waals surface area (Å²) in [6.07, 6.45) is 75.5. The van der Waals surface area contributed by atoms with Gasteiger partial charge in [-0.2, -0.15) is 0 Å². The fourth-order valence-corrected chi connectivity index (χ4v) is 9.27. The van der Waals surface area contributed by atoms with E-state index in [2.05, 4.69) is 69.4 Å². The molecule has 1 atom stereocenters. The maximum Gasteiger partial charge on any atom is 0.306 e. The highest BCUT2D eigenvalue weighted by atomic mass is 16.6. The van der Waals surface area contributed by atoms with E-state index in [0.717, 1.165) is 77.0 Å². The lowest BCUT2D eigenvalue weighted by molar-refractivity contribution is -0.167. The quantitative estimate of drug-likeness (QED) is 0.0261. The van der Waals surface area contributed by atoms with E-state index < -0.39 is 6.10 Å². The molecule has 0 N–H and O–H groups in total. The molecular weight excluding hydrogens is 889 g/mol. The zero-order valence-corrected chi connectivity index (χ0v) is 48.2. The van der Waals surface area contributed by atoms with E-state index >= 15 is 0 Å². The Hall–Kier alpha value is -2.63. The van der Waals surface area contributed by atoms with Crippen LogP contribution in [0.15, 0.2) is 48.6 Å². The molecule has 72 heavy (non-hydrogen) atoms. The molecule has 0 fully saturated rings. The van der Waals surface area contributed by atoms with Gasteiger partial charge < -0.3 is 14.2 Å². The first-order valence-corrected chi connectivity index (χ1v) is 31.6. The smallest absolute Gasteiger partial charge is 0.306 e. The first-order valence-electron chi connectivity index (χ1n) is 31.6. The zero-order valence-electron chi connectivity index (χ0n) is 48.2. The molecule has 0 rings (SSSR count). The van der Waals surface area contributed by atoms with Gasteiger partial charge in [0.05, 0.1) is 0 Å². The van der Waals surface area contributed by atoms with Crippen molar-refractivity contribution in [3.8, 4) is 0 Å². The van der Waals surface area contributed by atoms with Crippen LogP contribution in [0.25, 0.3) is 0 Å². The summed E-state index contributed by atoms with van der Waals surface area (Å²) in [5.41, 5.74) is 0. The highest BCUT2D eigenvalue weighted by molar-refractivity contribution is 5.71. The number of allylic oxidation sites excluding steroid dienone is 8. The highest BCUT2D eigenvalue weighted by Crippen LogP contribution is 2.17. The van der Waals surface area contributed by atoms with Crippen molar-refractivity contribution in [3.05, 3.63) is 48.6 Å². The Bertz CT molecular complexity index is 1250. The number of carbonyl (C=O) groups is 3. The van der Waals surface area contributed by atoms with Crippen LogP contribution in [0.3, 0.4) is 0 Å². The Labute approximate surface area is 448 Å². The topological polar surface area (TPSA) is 78.9 Å². The van der Waals surface area contributed by atoms with Crippen molar-refractivity contribution in [2.75, 3.05) is 13.2 Å². The summed E-state index contributed by atoms with van der Waals surface area (Å²) in [5.74, 6) is -0.873. The Morgan fingerprint density at radius 1 is 0.278 bits per heavy atom. The highest BCUT2D eigenvalue weighted by Gasteiger charge is 2.19. The lowest BCUT2D eigenvalue weighted by atomic mass is 10.0. The normalized spacial score (nSPS) is 12.3. The van der Waals surface area contributed by atoms with Gasteiger partial charge in [-0.1, -0.05) is 281 Å². The predicted molar refractivity (Wildman–Crippen MR) is 312 cm³/mol. The maximum absolute atomic E-state index is 12.9. The molecule has 0 amide bonds. The third kappa shape index (κ3) is 58.3. The second-order valence-corrected chi connectivity index (χ2v) is 21.3. The Morgan fingerprint density at radius 3 is 0.792 bits per heavy atom. The number of ether oxygens (including phenoxy) is 3. The molecular formula is C66H120O6. The molecule has 0 aliphatic heterocycles. The molecule has 6 nitrogen and oxygen atoms in total. The molecule has 0 heterocycles. The Morgan fingerprint density at radius 2 is 0.500 bits per heavy atom. The SMILES string of the molecule is CCCCCCC/C=C\C/C=C\C/C=C\CCCCCCCCC(=O)OC(COC(=O)CCCCCCCCCCCC)COC(=O)CCCCCCCCCCCCC/C=C\CCCCCCCCCC. The van der Waals surface area contributed by atoms with Crippen LogP contribution in [0.1, 0.15) is 335 Å². The molecule has 0 aliphatic rings. The summed E-state index contributed by atoms with van der Waals surface area (Å²) in [5, 5.41) is 0. The van der Waals surface area contributed by atoms with Crippen molar-refractivity contribution in [3.63, 3.8) is 0 Å². The minimum absolute atomic E-state index is 0.0756. The van der Waals surface area contributed by atoms with Gasteiger partial charge in [0, 0.05) is 19.3 Å². The van der Waals surface area contributed by atoms with Gasteiger partial charge in [0.15, 0.2) is 6.10 Å². The van der Waals surface area contributed by atoms with E-state index in [1.54, 1.807) is 0 Å². The first-order chi connectivity index (χ1) is 35.5. The Kier molecular flexibility index (Phi) is 58.7. The minimum Gasteiger partial charge on any atom is -0.462 e. The van der Waals surface area contributed by atoms with Gasteiger partial charge in [0.25, 0.3) is 0 Å². The van der Waals surface area contributed by atoms with Crippen LogP contribution >= 0.6 is 0 Å². The fourth-order valence-electron chi connectivity index (χ4n) is 9.27. The molecule has 0 radical (unpaired) electrons. The summed E-state index contributed by atoms with van der Waals surface area (Å²) in [6, 6.07) is 0. The second-order valence-electron chi connectivity index (χ2n) is 21.3. The summed E-state index contributed by atoms with van der Waals surface area (Å²) >= 11 is 0. The molecule has 0 aliphatic carbocycles. The minimum atomic E-state index is -0.778. The molecule has 0 bridgehead atoms. The molecule has 0 spiro atoms. The lowest BCUT2D eigenvalue weighted by Gasteiger charge is -2.18. The molecule has 0 saturated carbocycles. The zero-order chi connectivity index (χ0) is 52.2. The van der Waals surface area contributed by atoms with Crippen molar-refractivity contribution in [2.45, 2.75) is 341 Å². The van der Waals surface area contributed by atoms with Crippen LogP contribution < -0.4 is 0 Å². The third-order valence-corrected chi connectivity index (χ3v) is 14.1. The molecule has 1 unspecified atom stereocenters. The van der Waals surface area contributed by atoms with Gasteiger partial charge in [0.2, 0.25) is 0 Å². The summed E-state index contributed by atoms with van der Waals surface area (Å²) in [7, 11) is 0. The average Bonchev–Trinajstić information content (AvgIpc) is 3.38. The van der Waals surface area contributed by atoms with Gasteiger partial charge in [-0.05, 0) is 83.5 Å². The predicted octanol–water partition coefficient (Wildman–Crippen LogP) is 21.4. The summed E-state index contributed by atoms with van der Waals surface area (Å²) in [4.78, 5) is 38.2. The van der Waals surface area contributed by atoms with Crippen molar-refractivity contribution in [2.24, 2.45) is 0 Å². The largest absolute Gasteiger partial charge is 0.462 e. The van der Waals surface area contributed by atoms with E-state index in [4.69, 9.17) is 14.2 Å². The van der Waals surface area contributed by atoms with E-state index in [9.17, 15) is 14.4 Å². The van der Waals surface area contributed by atoms with Crippen molar-refractivity contribution < 1.29 is 28.6 Å². The van der Waals surface area contributed by atoms with Gasteiger partial charge in [-0.15, -0.1) is 0 Å². The third-order valence-electron chi connectivity index (χ3n) is 14.1. The Balaban J connectivity index is 4.26. The summed E-state index contributed by atoms with van der Waals surface area (Å²) < 4.78 is 16.9. The number of hydrogen-bond donors (Lipinski definition) is 0. The van der Waals surface area contributed by atoms with Crippen molar-refractivity contribution >= 4 is 17.9 Å². The van der Waals surface area contributed by atoms with E-state index in [1.807, 2.05) is 0 Å². The number of rotatable bonds is 58. The van der Waals surface area contributed by atoms with Crippen LogP contribution in [0.5, 0.6) is 0 Å². The summed E-state index contributed by atoms with van der Waals surface area (Å²) in [6.45, 7) is 6.65. The molecule has 0 aromatic heterocycles. The monoisotopic (exact) mass is 1010 g/mol. The van der Waals surface area contributed by atoms with Crippen LogP contribution in [-0.2, 0) is 28.6 Å². The van der Waals surface area contributed by atoms with Gasteiger partial charge in [-0.3, -0.25) is 14.4 Å². The van der Waals surface area contributed by atoms with Crippen LogP contribution in [-0.4, -0.2) is 37.2 Å².